The number of rotatable bonds is 3. The van der Waals surface area contributed by atoms with Crippen molar-refractivity contribution in [2.45, 2.75) is 25.3 Å². The molecular formula is C22H20N4O4. The van der Waals surface area contributed by atoms with Crippen LogP contribution in [-0.4, -0.2) is 50.7 Å². The molecule has 0 atom stereocenters. The van der Waals surface area contributed by atoms with Crippen molar-refractivity contribution < 1.29 is 19.5 Å². The molecule has 0 bridgehead atoms. The second-order valence-corrected chi connectivity index (χ2v) is 8.11. The minimum atomic E-state index is -0.909. The summed E-state index contributed by atoms with van der Waals surface area (Å²) in [5.41, 5.74) is 1.94. The van der Waals surface area contributed by atoms with E-state index in [0.717, 1.165) is 16.5 Å². The lowest BCUT2D eigenvalue weighted by atomic mass is 9.90. The van der Waals surface area contributed by atoms with Crippen LogP contribution in [-0.2, 0) is 5.54 Å². The molecule has 2 aliphatic heterocycles. The Kier molecular flexibility index (Phi) is 3.92. The number of anilines is 1. The highest BCUT2D eigenvalue weighted by molar-refractivity contribution is 6.27. The van der Waals surface area contributed by atoms with Crippen LogP contribution < -0.4 is 5.32 Å². The molecule has 5 rings (SSSR count). The highest BCUT2D eigenvalue weighted by atomic mass is 16.4. The van der Waals surface area contributed by atoms with Gasteiger partial charge in [-0.05, 0) is 43.4 Å². The Morgan fingerprint density at radius 1 is 1.17 bits per heavy atom. The lowest BCUT2D eigenvalue weighted by molar-refractivity contribution is 0.0954. The molecule has 1 saturated heterocycles. The van der Waals surface area contributed by atoms with Gasteiger partial charge in [-0.3, -0.25) is 14.3 Å². The highest BCUT2D eigenvalue weighted by Crippen LogP contribution is 2.36. The summed E-state index contributed by atoms with van der Waals surface area (Å²) in [6.45, 7) is 2.90. The Bertz CT molecular complexity index is 1220. The number of carboxylic acid groups (broad SMARTS) is 1. The Morgan fingerprint density at radius 3 is 2.67 bits per heavy atom. The Balaban J connectivity index is 1.47. The lowest BCUT2D eigenvalue weighted by Crippen LogP contribution is -2.46. The summed E-state index contributed by atoms with van der Waals surface area (Å²) in [4.78, 5) is 38.0. The molecule has 3 heterocycles. The molecule has 30 heavy (non-hydrogen) atoms. The number of piperidine rings is 1. The van der Waals surface area contributed by atoms with Gasteiger partial charge in [0.05, 0.1) is 17.3 Å². The quantitative estimate of drug-likeness (QED) is 0.652. The number of carbonyl (C=O) groups is 3. The monoisotopic (exact) mass is 404 g/mol. The number of benzene rings is 2. The summed E-state index contributed by atoms with van der Waals surface area (Å²) in [5.74, 6) is -0.315. The van der Waals surface area contributed by atoms with Crippen molar-refractivity contribution in [2.24, 2.45) is 0 Å². The Morgan fingerprint density at radius 2 is 1.93 bits per heavy atom. The fraction of sp³-hybridized carbons (Fsp3) is 0.273. The van der Waals surface area contributed by atoms with Gasteiger partial charge < -0.3 is 15.3 Å². The molecule has 3 aromatic rings. The van der Waals surface area contributed by atoms with Gasteiger partial charge in [0.2, 0.25) is 0 Å². The summed E-state index contributed by atoms with van der Waals surface area (Å²) in [6.07, 6.45) is 3.65. The van der Waals surface area contributed by atoms with E-state index in [9.17, 15) is 14.4 Å². The number of hydrogen-bond donors (Lipinski definition) is 2. The van der Waals surface area contributed by atoms with E-state index in [2.05, 4.69) is 10.4 Å². The number of nitrogens with one attached hydrogen (secondary N) is 1. The van der Waals surface area contributed by atoms with Gasteiger partial charge in [0, 0.05) is 41.5 Å². The SMILES string of the molecule is CC1(n2cc(C(=O)c3ccc4c5c(cccc35)C(=O)N4)cn2)CCN(C(=O)O)CC1. The van der Waals surface area contributed by atoms with E-state index in [1.165, 1.54) is 4.90 Å². The van der Waals surface area contributed by atoms with E-state index in [0.29, 0.717) is 42.6 Å². The molecule has 8 heteroatoms. The number of aromatic nitrogens is 2. The number of ketones is 1. The summed E-state index contributed by atoms with van der Waals surface area (Å²) in [6, 6.07) is 8.88. The van der Waals surface area contributed by atoms with Gasteiger partial charge in [-0.1, -0.05) is 12.1 Å². The molecule has 2 aromatic carbocycles. The maximum Gasteiger partial charge on any atom is 0.407 e. The second kappa shape index (κ2) is 6.41. The highest BCUT2D eigenvalue weighted by Gasteiger charge is 2.34. The van der Waals surface area contributed by atoms with Crippen molar-refractivity contribution in [3.8, 4) is 0 Å². The molecule has 2 amide bonds. The number of carbonyl (C=O) groups excluding carboxylic acids is 2. The van der Waals surface area contributed by atoms with Crippen LogP contribution in [0.15, 0.2) is 42.7 Å². The first-order valence-electron chi connectivity index (χ1n) is 9.82. The second-order valence-electron chi connectivity index (χ2n) is 8.11. The van der Waals surface area contributed by atoms with Crippen LogP contribution in [0.25, 0.3) is 10.8 Å². The van der Waals surface area contributed by atoms with Crippen molar-refractivity contribution in [1.29, 1.82) is 0 Å². The standard InChI is InChI=1S/C22H20N4O4/c1-22(7-9-25(10-8-22)21(29)30)26-12-13(11-23-26)19(27)15-5-6-17-18-14(15)3-2-4-16(18)20(28)24-17/h2-6,11-12H,7-10H2,1H3,(H,24,28)(H,29,30). The van der Waals surface area contributed by atoms with Crippen molar-refractivity contribution >= 4 is 34.2 Å². The van der Waals surface area contributed by atoms with Crippen LogP contribution in [0.2, 0.25) is 0 Å². The molecule has 2 N–H and O–H groups in total. The molecule has 0 radical (unpaired) electrons. The van der Waals surface area contributed by atoms with Crippen molar-refractivity contribution in [1.82, 2.24) is 14.7 Å². The number of likely N-dealkylation sites (tertiary alicyclic amines) is 1. The van der Waals surface area contributed by atoms with E-state index in [-0.39, 0.29) is 17.2 Å². The molecule has 0 spiro atoms. The molecule has 2 aliphatic rings. The minimum absolute atomic E-state index is 0.157. The zero-order valence-electron chi connectivity index (χ0n) is 16.4. The third-order valence-electron chi connectivity index (χ3n) is 6.29. The van der Waals surface area contributed by atoms with Gasteiger partial charge in [0.25, 0.3) is 5.91 Å². The average Bonchev–Trinajstić information content (AvgIpc) is 3.35. The zero-order chi connectivity index (χ0) is 21.0. The van der Waals surface area contributed by atoms with Crippen LogP contribution in [0.1, 0.15) is 46.0 Å². The van der Waals surface area contributed by atoms with Crippen LogP contribution in [0.5, 0.6) is 0 Å². The average molecular weight is 404 g/mol. The number of hydrogen-bond acceptors (Lipinski definition) is 4. The van der Waals surface area contributed by atoms with Crippen molar-refractivity contribution in [3.05, 3.63) is 59.4 Å². The largest absolute Gasteiger partial charge is 0.465 e. The summed E-state index contributed by atoms with van der Waals surface area (Å²) >= 11 is 0. The van der Waals surface area contributed by atoms with Crippen LogP contribution >= 0.6 is 0 Å². The number of amides is 2. The van der Waals surface area contributed by atoms with Gasteiger partial charge in [-0.15, -0.1) is 0 Å². The molecule has 0 saturated carbocycles. The lowest BCUT2D eigenvalue weighted by Gasteiger charge is -2.38. The van der Waals surface area contributed by atoms with Crippen LogP contribution in [0.3, 0.4) is 0 Å². The first-order valence-corrected chi connectivity index (χ1v) is 9.82. The summed E-state index contributed by atoms with van der Waals surface area (Å²) in [5, 5.41) is 17.9. The summed E-state index contributed by atoms with van der Waals surface area (Å²) < 4.78 is 1.78. The van der Waals surface area contributed by atoms with E-state index in [4.69, 9.17) is 5.11 Å². The molecule has 152 valence electrons. The fourth-order valence-electron chi connectivity index (χ4n) is 4.39. The predicted octanol–water partition coefficient (Wildman–Crippen LogP) is 3.32. The van der Waals surface area contributed by atoms with Crippen LogP contribution in [0.4, 0.5) is 10.5 Å². The molecule has 1 fully saturated rings. The number of nitrogens with zero attached hydrogens (tertiary/aromatic N) is 3. The third-order valence-corrected chi connectivity index (χ3v) is 6.29. The Labute approximate surface area is 172 Å². The topological polar surface area (TPSA) is 105 Å². The van der Waals surface area contributed by atoms with E-state index >= 15 is 0 Å². The van der Waals surface area contributed by atoms with Gasteiger partial charge >= 0.3 is 6.09 Å². The molecular weight excluding hydrogens is 384 g/mol. The van der Waals surface area contributed by atoms with E-state index in [1.54, 1.807) is 41.3 Å². The van der Waals surface area contributed by atoms with Gasteiger partial charge in [-0.25, -0.2) is 4.79 Å². The first kappa shape index (κ1) is 18.4. The van der Waals surface area contributed by atoms with E-state index < -0.39 is 6.09 Å². The van der Waals surface area contributed by atoms with E-state index in [1.807, 2.05) is 13.0 Å². The maximum absolute atomic E-state index is 13.3. The summed E-state index contributed by atoms with van der Waals surface area (Å²) in [7, 11) is 0. The maximum atomic E-state index is 13.3. The van der Waals surface area contributed by atoms with Crippen molar-refractivity contribution in [2.75, 3.05) is 18.4 Å². The first-order chi connectivity index (χ1) is 14.4. The molecule has 0 aliphatic carbocycles. The molecule has 1 aromatic heterocycles. The van der Waals surface area contributed by atoms with Crippen molar-refractivity contribution in [3.63, 3.8) is 0 Å². The molecule has 0 unspecified atom stereocenters. The zero-order valence-corrected chi connectivity index (χ0v) is 16.4. The Hall–Kier alpha value is -3.68. The third kappa shape index (κ3) is 2.67. The van der Waals surface area contributed by atoms with Crippen LogP contribution in [0, 0.1) is 0 Å². The normalized spacial score (nSPS) is 17.2. The van der Waals surface area contributed by atoms with Gasteiger partial charge in [0.1, 0.15) is 0 Å². The minimum Gasteiger partial charge on any atom is -0.465 e. The van der Waals surface area contributed by atoms with Gasteiger partial charge in [-0.2, -0.15) is 5.10 Å². The molecule has 8 nitrogen and oxygen atoms in total. The van der Waals surface area contributed by atoms with Gasteiger partial charge in [0.15, 0.2) is 5.78 Å². The fourth-order valence-corrected chi connectivity index (χ4v) is 4.39. The smallest absolute Gasteiger partial charge is 0.407 e. The predicted molar refractivity (Wildman–Crippen MR) is 110 cm³/mol.